The fourth-order valence-corrected chi connectivity index (χ4v) is 3.53. The van der Waals surface area contributed by atoms with Gasteiger partial charge in [-0.2, -0.15) is 0 Å². The van der Waals surface area contributed by atoms with Crippen molar-refractivity contribution in [2.24, 2.45) is 11.7 Å². The molecule has 0 spiro atoms. The van der Waals surface area contributed by atoms with Gasteiger partial charge in [0.2, 0.25) is 0 Å². The highest BCUT2D eigenvalue weighted by molar-refractivity contribution is 9.10. The summed E-state index contributed by atoms with van der Waals surface area (Å²) in [7, 11) is 0. The molecular formula is C18H20BrNO. The van der Waals surface area contributed by atoms with Crippen LogP contribution in [0.4, 0.5) is 0 Å². The average Bonchev–Trinajstić information content (AvgIpc) is 2.95. The zero-order valence-electron chi connectivity index (χ0n) is 12.2. The summed E-state index contributed by atoms with van der Waals surface area (Å²) in [5.41, 5.74) is 10.2. The Morgan fingerprint density at radius 1 is 1.24 bits per heavy atom. The lowest BCUT2D eigenvalue weighted by molar-refractivity contribution is 0.349. The molecule has 2 aromatic rings. The Hall–Kier alpha value is -1.32. The molecule has 21 heavy (non-hydrogen) atoms. The molecule has 0 fully saturated rings. The molecular weight excluding hydrogens is 326 g/mol. The van der Waals surface area contributed by atoms with Gasteiger partial charge in [-0.1, -0.05) is 53.2 Å². The van der Waals surface area contributed by atoms with Crippen LogP contribution in [0, 0.1) is 5.92 Å². The molecule has 2 unspecified atom stereocenters. The third-order valence-corrected chi connectivity index (χ3v) is 4.62. The van der Waals surface area contributed by atoms with Crippen molar-refractivity contribution >= 4 is 15.9 Å². The molecule has 1 aliphatic heterocycles. The maximum Gasteiger partial charge on any atom is 0.125 e. The van der Waals surface area contributed by atoms with Gasteiger partial charge in [0.1, 0.15) is 5.75 Å². The van der Waals surface area contributed by atoms with Crippen molar-refractivity contribution in [3.63, 3.8) is 0 Å². The van der Waals surface area contributed by atoms with Crippen LogP contribution in [0.1, 0.15) is 29.7 Å². The number of hydrogen-bond acceptors (Lipinski definition) is 2. The molecule has 110 valence electrons. The van der Waals surface area contributed by atoms with Crippen LogP contribution in [-0.2, 0) is 12.8 Å². The second-order valence-corrected chi connectivity index (χ2v) is 6.69. The first-order valence-electron chi connectivity index (χ1n) is 7.40. The summed E-state index contributed by atoms with van der Waals surface area (Å²) in [6.45, 7) is 3.00. The number of halogens is 1. The van der Waals surface area contributed by atoms with E-state index in [-0.39, 0.29) is 6.04 Å². The highest BCUT2D eigenvalue weighted by Gasteiger charge is 2.21. The van der Waals surface area contributed by atoms with Crippen LogP contribution in [0.2, 0.25) is 0 Å². The summed E-state index contributed by atoms with van der Waals surface area (Å²) in [5.74, 6) is 1.43. The van der Waals surface area contributed by atoms with Gasteiger partial charge >= 0.3 is 0 Å². The lowest BCUT2D eigenvalue weighted by Crippen LogP contribution is -2.21. The SMILES string of the molecule is CC(Cc1cc(Br)cc2c1OCC2)C(N)c1ccccc1. The van der Waals surface area contributed by atoms with Crippen LogP contribution in [0.5, 0.6) is 5.75 Å². The summed E-state index contributed by atoms with van der Waals surface area (Å²) in [5, 5.41) is 0. The van der Waals surface area contributed by atoms with Crippen LogP contribution in [0.3, 0.4) is 0 Å². The predicted molar refractivity (Wildman–Crippen MR) is 89.6 cm³/mol. The Labute approximate surface area is 134 Å². The molecule has 2 nitrogen and oxygen atoms in total. The van der Waals surface area contributed by atoms with Gasteiger partial charge in [-0.05, 0) is 41.2 Å². The van der Waals surface area contributed by atoms with Gasteiger partial charge in [0.25, 0.3) is 0 Å². The van der Waals surface area contributed by atoms with E-state index in [1.54, 1.807) is 0 Å². The maximum absolute atomic E-state index is 6.42. The van der Waals surface area contributed by atoms with Gasteiger partial charge in [0.05, 0.1) is 6.61 Å². The summed E-state index contributed by atoms with van der Waals surface area (Å²) in [6, 6.07) is 14.7. The highest BCUT2D eigenvalue weighted by atomic mass is 79.9. The molecule has 0 radical (unpaired) electrons. The Morgan fingerprint density at radius 3 is 2.76 bits per heavy atom. The van der Waals surface area contributed by atoms with E-state index in [9.17, 15) is 0 Å². The summed E-state index contributed by atoms with van der Waals surface area (Å²) in [4.78, 5) is 0. The standard InChI is InChI=1S/C18H20BrNO/c1-12(17(20)13-5-3-2-4-6-13)9-15-11-16(19)10-14-7-8-21-18(14)15/h2-6,10-12,17H,7-9,20H2,1H3. The number of hydrogen-bond donors (Lipinski definition) is 1. The van der Waals surface area contributed by atoms with Crippen LogP contribution < -0.4 is 10.5 Å². The average molecular weight is 346 g/mol. The molecule has 0 aliphatic carbocycles. The molecule has 0 aromatic heterocycles. The highest BCUT2D eigenvalue weighted by Crippen LogP contribution is 2.35. The van der Waals surface area contributed by atoms with E-state index in [0.29, 0.717) is 5.92 Å². The van der Waals surface area contributed by atoms with Crippen LogP contribution in [-0.4, -0.2) is 6.61 Å². The zero-order valence-corrected chi connectivity index (χ0v) is 13.8. The molecule has 0 amide bonds. The minimum Gasteiger partial charge on any atom is -0.493 e. The predicted octanol–water partition coefficient (Wildman–Crippen LogP) is 4.26. The van der Waals surface area contributed by atoms with Gasteiger partial charge in [-0.3, -0.25) is 0 Å². The largest absolute Gasteiger partial charge is 0.493 e. The fraction of sp³-hybridized carbons (Fsp3) is 0.333. The first-order chi connectivity index (χ1) is 10.1. The van der Waals surface area contributed by atoms with Crippen molar-refractivity contribution in [3.05, 3.63) is 63.6 Å². The van der Waals surface area contributed by atoms with Gasteiger partial charge in [-0.25, -0.2) is 0 Å². The molecule has 3 rings (SSSR count). The fourth-order valence-electron chi connectivity index (χ4n) is 2.98. The van der Waals surface area contributed by atoms with Crippen molar-refractivity contribution in [3.8, 4) is 5.75 Å². The van der Waals surface area contributed by atoms with E-state index in [2.05, 4.69) is 47.1 Å². The minimum absolute atomic E-state index is 0.0437. The van der Waals surface area contributed by atoms with Gasteiger partial charge in [-0.15, -0.1) is 0 Å². The van der Waals surface area contributed by atoms with Crippen molar-refractivity contribution < 1.29 is 4.74 Å². The zero-order chi connectivity index (χ0) is 14.8. The van der Waals surface area contributed by atoms with Gasteiger partial charge < -0.3 is 10.5 Å². The van der Waals surface area contributed by atoms with E-state index in [1.807, 2.05) is 18.2 Å². The topological polar surface area (TPSA) is 35.2 Å². The number of benzene rings is 2. The van der Waals surface area contributed by atoms with Crippen LogP contribution >= 0.6 is 15.9 Å². The smallest absolute Gasteiger partial charge is 0.125 e. The van der Waals surface area contributed by atoms with Crippen LogP contribution in [0.15, 0.2) is 46.9 Å². The van der Waals surface area contributed by atoms with Crippen molar-refractivity contribution in [2.45, 2.75) is 25.8 Å². The Bertz CT molecular complexity index is 627. The molecule has 2 aromatic carbocycles. The molecule has 0 bridgehead atoms. The normalized spacial score (nSPS) is 16.1. The maximum atomic E-state index is 6.42. The summed E-state index contributed by atoms with van der Waals surface area (Å²) >= 11 is 3.60. The minimum atomic E-state index is 0.0437. The molecule has 2 atom stereocenters. The Balaban J connectivity index is 1.81. The van der Waals surface area contributed by atoms with Gasteiger partial charge in [0.15, 0.2) is 0 Å². The number of rotatable bonds is 4. The summed E-state index contributed by atoms with van der Waals surface area (Å²) in [6.07, 6.45) is 1.93. The second-order valence-electron chi connectivity index (χ2n) is 5.77. The second kappa shape index (κ2) is 6.20. The number of nitrogens with two attached hydrogens (primary N) is 1. The molecule has 2 N–H and O–H groups in total. The third-order valence-electron chi connectivity index (χ3n) is 4.16. The molecule has 0 saturated heterocycles. The van der Waals surface area contributed by atoms with E-state index >= 15 is 0 Å². The molecule has 1 heterocycles. The molecule has 0 saturated carbocycles. The number of fused-ring (bicyclic) bond motifs is 1. The first-order valence-corrected chi connectivity index (χ1v) is 8.19. The Morgan fingerprint density at radius 2 is 2.00 bits per heavy atom. The van der Waals surface area contributed by atoms with E-state index in [1.165, 1.54) is 16.7 Å². The number of ether oxygens (including phenoxy) is 1. The van der Waals surface area contributed by atoms with Crippen LogP contribution in [0.25, 0.3) is 0 Å². The summed E-state index contributed by atoms with van der Waals surface area (Å²) < 4.78 is 6.94. The van der Waals surface area contributed by atoms with Gasteiger partial charge in [0, 0.05) is 16.9 Å². The first kappa shape index (κ1) is 14.6. The quantitative estimate of drug-likeness (QED) is 0.898. The van der Waals surface area contributed by atoms with E-state index in [0.717, 1.165) is 29.7 Å². The van der Waals surface area contributed by atoms with E-state index < -0.39 is 0 Å². The van der Waals surface area contributed by atoms with Crippen molar-refractivity contribution in [2.75, 3.05) is 6.61 Å². The van der Waals surface area contributed by atoms with Crippen molar-refractivity contribution in [1.29, 1.82) is 0 Å². The lowest BCUT2D eigenvalue weighted by atomic mass is 9.89. The third kappa shape index (κ3) is 3.14. The lowest BCUT2D eigenvalue weighted by Gasteiger charge is -2.21. The molecule has 1 aliphatic rings. The molecule has 3 heteroatoms. The van der Waals surface area contributed by atoms with Crippen molar-refractivity contribution in [1.82, 2.24) is 0 Å². The monoisotopic (exact) mass is 345 g/mol. The Kier molecular flexibility index (Phi) is 4.32. The van der Waals surface area contributed by atoms with E-state index in [4.69, 9.17) is 10.5 Å².